The normalized spacial score (nSPS) is 8.69. The molecular weight excluding hydrogens is 172 g/mol. The minimum Gasteiger partial charge on any atom is -0.310 e. The molecule has 13 heavy (non-hydrogen) atoms. The number of hydrogen-bond acceptors (Lipinski definition) is 4. The second-order valence-corrected chi connectivity index (χ2v) is 2.13. The number of amides is 1. The van der Waals surface area contributed by atoms with E-state index < -0.39 is 0 Å². The number of nitrogens with zero attached hydrogens (tertiary/aromatic N) is 5. The van der Waals surface area contributed by atoms with Gasteiger partial charge in [-0.05, 0) is 10.6 Å². The van der Waals surface area contributed by atoms with Gasteiger partial charge in [-0.3, -0.25) is 9.78 Å². The van der Waals surface area contributed by atoms with Crippen LogP contribution in [0, 0.1) is 0 Å². The van der Waals surface area contributed by atoms with Gasteiger partial charge in [0.2, 0.25) is 5.91 Å². The van der Waals surface area contributed by atoms with Gasteiger partial charge in [0.15, 0.2) is 5.82 Å². The molecule has 0 radical (unpaired) electrons. The highest BCUT2D eigenvalue weighted by atomic mass is 16.1. The van der Waals surface area contributed by atoms with Gasteiger partial charge in [0.1, 0.15) is 5.82 Å². The average Bonchev–Trinajstić information content (AvgIpc) is 2.04. The van der Waals surface area contributed by atoms with Crippen molar-refractivity contribution in [3.8, 4) is 0 Å². The molecule has 0 saturated heterocycles. The van der Waals surface area contributed by atoms with Crippen molar-refractivity contribution in [3.63, 3.8) is 0 Å². The number of carbonyl (C=O) groups is 1. The third-order valence-corrected chi connectivity index (χ3v) is 1.07. The molecule has 0 bridgehead atoms. The monoisotopic (exact) mass is 178 g/mol. The van der Waals surface area contributed by atoms with Crippen LogP contribution in [0.1, 0.15) is 6.92 Å². The maximum Gasteiger partial charge on any atom is 0.222 e. The predicted octanol–water partition coefficient (Wildman–Crippen LogP) is 1.38. The SMILES string of the molecule is CC(=O)Nc1cncc(N=[N+]=[N-])n1. The molecule has 1 rings (SSSR count). The number of carbonyl (C=O) groups excluding carboxylic acids is 1. The summed E-state index contributed by atoms with van der Waals surface area (Å²) in [7, 11) is 0. The van der Waals surface area contributed by atoms with Crippen molar-refractivity contribution in [3.05, 3.63) is 22.8 Å². The minimum absolute atomic E-state index is 0.119. The number of aromatic nitrogens is 2. The fraction of sp³-hybridized carbons (Fsp3) is 0.167. The summed E-state index contributed by atoms with van der Waals surface area (Å²) in [6.07, 6.45) is 2.66. The summed E-state index contributed by atoms with van der Waals surface area (Å²) in [5.74, 6) is 0.124. The molecule has 0 atom stereocenters. The van der Waals surface area contributed by atoms with Crippen molar-refractivity contribution in [1.82, 2.24) is 9.97 Å². The van der Waals surface area contributed by atoms with E-state index in [1.54, 1.807) is 0 Å². The van der Waals surface area contributed by atoms with E-state index in [-0.39, 0.29) is 17.5 Å². The molecule has 0 spiro atoms. The van der Waals surface area contributed by atoms with E-state index in [1.807, 2.05) is 0 Å². The van der Waals surface area contributed by atoms with Gasteiger partial charge in [0.25, 0.3) is 0 Å². The Kier molecular flexibility index (Phi) is 2.77. The van der Waals surface area contributed by atoms with E-state index in [0.29, 0.717) is 0 Å². The molecule has 1 aromatic heterocycles. The molecule has 0 aliphatic carbocycles. The third kappa shape index (κ3) is 2.76. The molecule has 7 nitrogen and oxygen atoms in total. The van der Waals surface area contributed by atoms with E-state index in [4.69, 9.17) is 5.53 Å². The molecule has 7 heteroatoms. The summed E-state index contributed by atoms with van der Waals surface area (Å²) in [5.41, 5.74) is 8.10. The van der Waals surface area contributed by atoms with Gasteiger partial charge in [0.05, 0.1) is 12.4 Å². The highest BCUT2D eigenvalue weighted by Gasteiger charge is 1.97. The zero-order valence-electron chi connectivity index (χ0n) is 6.80. The van der Waals surface area contributed by atoms with Gasteiger partial charge in [-0.15, -0.1) is 0 Å². The summed E-state index contributed by atoms with van der Waals surface area (Å²) in [6.45, 7) is 1.35. The van der Waals surface area contributed by atoms with Crippen molar-refractivity contribution in [2.75, 3.05) is 5.32 Å². The van der Waals surface area contributed by atoms with Crippen molar-refractivity contribution >= 4 is 17.5 Å². The van der Waals surface area contributed by atoms with Gasteiger partial charge in [-0.2, -0.15) is 0 Å². The third-order valence-electron chi connectivity index (χ3n) is 1.07. The van der Waals surface area contributed by atoms with E-state index in [9.17, 15) is 4.79 Å². The van der Waals surface area contributed by atoms with Crippen LogP contribution in [0.15, 0.2) is 17.5 Å². The first-order valence-corrected chi connectivity index (χ1v) is 3.37. The second kappa shape index (κ2) is 4.03. The Morgan fingerprint density at radius 3 is 3.08 bits per heavy atom. The Hall–Kier alpha value is -2.14. The highest BCUT2D eigenvalue weighted by molar-refractivity contribution is 5.87. The lowest BCUT2D eigenvalue weighted by molar-refractivity contribution is -0.114. The van der Waals surface area contributed by atoms with Crippen molar-refractivity contribution in [2.45, 2.75) is 6.92 Å². The van der Waals surface area contributed by atoms with Crippen LogP contribution < -0.4 is 5.32 Å². The number of hydrogen-bond donors (Lipinski definition) is 1. The van der Waals surface area contributed by atoms with Gasteiger partial charge in [-0.25, -0.2) is 4.98 Å². The Morgan fingerprint density at radius 1 is 1.69 bits per heavy atom. The number of azide groups is 1. The lowest BCUT2D eigenvalue weighted by Gasteiger charge is -1.99. The highest BCUT2D eigenvalue weighted by Crippen LogP contribution is 2.09. The smallest absolute Gasteiger partial charge is 0.222 e. The minimum atomic E-state index is -0.257. The molecule has 1 N–H and O–H groups in total. The lowest BCUT2D eigenvalue weighted by Crippen LogP contribution is -2.07. The first-order valence-electron chi connectivity index (χ1n) is 3.37. The van der Waals surface area contributed by atoms with Crippen molar-refractivity contribution < 1.29 is 4.79 Å². The summed E-state index contributed by atoms with van der Waals surface area (Å²) >= 11 is 0. The Balaban J connectivity index is 2.91. The zero-order chi connectivity index (χ0) is 9.68. The molecule has 0 saturated carbocycles. The number of nitrogens with one attached hydrogen (secondary N) is 1. The van der Waals surface area contributed by atoms with Crippen LogP contribution in [0.2, 0.25) is 0 Å². The molecule has 0 unspecified atom stereocenters. The molecule has 0 aromatic carbocycles. The van der Waals surface area contributed by atoms with Crippen LogP contribution >= 0.6 is 0 Å². The summed E-state index contributed by atoms with van der Waals surface area (Å²) in [6, 6.07) is 0. The Labute approximate surface area is 73.4 Å². The molecule has 0 aliphatic rings. The second-order valence-electron chi connectivity index (χ2n) is 2.13. The van der Waals surface area contributed by atoms with Crippen LogP contribution in [0.4, 0.5) is 11.6 Å². The first-order chi connectivity index (χ1) is 6.22. The maximum absolute atomic E-state index is 10.6. The number of anilines is 1. The van der Waals surface area contributed by atoms with Crippen LogP contribution in [-0.4, -0.2) is 15.9 Å². The maximum atomic E-state index is 10.6. The summed E-state index contributed by atoms with van der Waals surface area (Å²) in [4.78, 5) is 20.6. The average molecular weight is 178 g/mol. The van der Waals surface area contributed by atoms with Gasteiger partial charge < -0.3 is 5.32 Å². The van der Waals surface area contributed by atoms with Gasteiger partial charge in [0, 0.05) is 11.8 Å². The van der Waals surface area contributed by atoms with E-state index in [0.717, 1.165) is 0 Å². The standard InChI is InChI=1S/C6H6N6O/c1-4(13)9-5-2-8-3-6(10-5)11-12-7/h2-3H,1H3,(H,9,10,13). The quantitative estimate of drug-likeness (QED) is 0.420. The van der Waals surface area contributed by atoms with Crippen LogP contribution in [0.3, 0.4) is 0 Å². The summed E-state index contributed by atoms with van der Waals surface area (Å²) in [5, 5.41) is 5.64. The van der Waals surface area contributed by atoms with Crippen LogP contribution in [-0.2, 0) is 4.79 Å². The fourth-order valence-electron chi connectivity index (χ4n) is 0.690. The lowest BCUT2D eigenvalue weighted by atomic mass is 10.6. The van der Waals surface area contributed by atoms with E-state index in [2.05, 4.69) is 25.3 Å². The molecule has 1 aromatic rings. The zero-order valence-corrected chi connectivity index (χ0v) is 6.80. The largest absolute Gasteiger partial charge is 0.310 e. The van der Waals surface area contributed by atoms with Crippen molar-refractivity contribution in [1.29, 1.82) is 0 Å². The molecule has 0 fully saturated rings. The van der Waals surface area contributed by atoms with Crippen molar-refractivity contribution in [2.24, 2.45) is 5.11 Å². The molecule has 1 heterocycles. The Bertz CT molecular complexity index is 369. The number of rotatable bonds is 2. The predicted molar refractivity (Wildman–Crippen MR) is 45.1 cm³/mol. The van der Waals surface area contributed by atoms with Gasteiger partial charge >= 0.3 is 0 Å². The Morgan fingerprint density at radius 2 is 2.46 bits per heavy atom. The van der Waals surface area contributed by atoms with Crippen LogP contribution in [0.5, 0.6) is 0 Å². The van der Waals surface area contributed by atoms with Crippen LogP contribution in [0.25, 0.3) is 10.4 Å². The topological polar surface area (TPSA) is 104 Å². The van der Waals surface area contributed by atoms with Gasteiger partial charge in [-0.1, -0.05) is 0 Å². The first kappa shape index (κ1) is 8.95. The molecule has 0 aliphatic heterocycles. The fourth-order valence-corrected chi connectivity index (χ4v) is 0.690. The van der Waals surface area contributed by atoms with E-state index >= 15 is 0 Å². The molecule has 66 valence electrons. The van der Waals surface area contributed by atoms with E-state index in [1.165, 1.54) is 19.3 Å². The summed E-state index contributed by atoms with van der Waals surface area (Å²) < 4.78 is 0. The molecular formula is C6H6N6O. The molecule has 1 amide bonds.